The molecule has 2 saturated carbocycles. The van der Waals surface area contributed by atoms with E-state index in [1.807, 2.05) is 0 Å². The maximum Gasteiger partial charge on any atom is -0.0131 e. The van der Waals surface area contributed by atoms with E-state index in [0.717, 1.165) is 30.1 Å². The molecule has 0 N–H and O–H groups in total. The van der Waals surface area contributed by atoms with Gasteiger partial charge < -0.3 is 0 Å². The van der Waals surface area contributed by atoms with E-state index in [9.17, 15) is 0 Å². The molecule has 3 atom stereocenters. The standard InChI is InChI=1S/C36H52/c1-6-33-29(5)35(24-23-32(33)21-19-26(2)25-30-14-8-7-9-15-30)36-18-12-16-31(36)22-20-28(4)34-17-11-10-13-27(34)3/h10-11,13,17,23-24,26,30-31,36H,4,6-9,12,14-16,18-22,25H2,1-3,5H3/t26-,31?,36?/m1/s1. The summed E-state index contributed by atoms with van der Waals surface area (Å²) < 4.78 is 0. The SMILES string of the molecule is C=C(CCC1CCCC1c1ccc(CC[C@@H](C)CC2CCCCC2)c(CC)c1C)c1ccccc1C. The molecular formula is C36H52. The number of hydrogen-bond acceptors (Lipinski definition) is 0. The summed E-state index contributed by atoms with van der Waals surface area (Å²) in [5.41, 5.74) is 10.6. The summed E-state index contributed by atoms with van der Waals surface area (Å²) in [6.07, 6.45) is 19.2. The zero-order chi connectivity index (χ0) is 25.5. The molecule has 2 fully saturated rings. The Morgan fingerprint density at radius 2 is 1.72 bits per heavy atom. The van der Waals surface area contributed by atoms with Crippen LogP contribution in [0.3, 0.4) is 0 Å². The summed E-state index contributed by atoms with van der Waals surface area (Å²) in [6.45, 7) is 14.0. The van der Waals surface area contributed by atoms with Crippen LogP contribution in [0.5, 0.6) is 0 Å². The van der Waals surface area contributed by atoms with Crippen molar-refractivity contribution in [3.05, 3.63) is 76.4 Å². The predicted octanol–water partition coefficient (Wildman–Crippen LogP) is 10.8. The van der Waals surface area contributed by atoms with Gasteiger partial charge in [0.1, 0.15) is 0 Å². The summed E-state index contributed by atoms with van der Waals surface area (Å²) in [5, 5.41) is 0. The van der Waals surface area contributed by atoms with Crippen LogP contribution in [-0.2, 0) is 12.8 Å². The van der Waals surface area contributed by atoms with Gasteiger partial charge in [0.25, 0.3) is 0 Å². The Labute approximate surface area is 223 Å². The molecule has 0 bridgehead atoms. The van der Waals surface area contributed by atoms with E-state index in [0.29, 0.717) is 0 Å². The molecule has 0 heterocycles. The smallest absolute Gasteiger partial charge is 0.0131 e. The van der Waals surface area contributed by atoms with Crippen molar-refractivity contribution in [2.24, 2.45) is 17.8 Å². The van der Waals surface area contributed by atoms with E-state index in [-0.39, 0.29) is 0 Å². The van der Waals surface area contributed by atoms with Crippen molar-refractivity contribution >= 4 is 5.57 Å². The van der Waals surface area contributed by atoms with Crippen molar-refractivity contribution in [3.8, 4) is 0 Å². The van der Waals surface area contributed by atoms with Gasteiger partial charge in [-0.1, -0.05) is 95.3 Å². The number of hydrogen-bond donors (Lipinski definition) is 0. The monoisotopic (exact) mass is 484 g/mol. The highest BCUT2D eigenvalue weighted by Gasteiger charge is 2.30. The Kier molecular flexibility index (Phi) is 9.92. The average molecular weight is 485 g/mol. The van der Waals surface area contributed by atoms with Gasteiger partial charge in [-0.05, 0) is 128 Å². The van der Waals surface area contributed by atoms with Crippen LogP contribution in [0, 0.1) is 31.6 Å². The van der Waals surface area contributed by atoms with Crippen LogP contribution >= 0.6 is 0 Å². The Morgan fingerprint density at radius 1 is 0.944 bits per heavy atom. The van der Waals surface area contributed by atoms with Gasteiger partial charge in [0, 0.05) is 0 Å². The zero-order valence-corrected chi connectivity index (χ0v) is 23.9. The van der Waals surface area contributed by atoms with E-state index in [2.05, 4.69) is 70.7 Å². The topological polar surface area (TPSA) is 0 Å². The molecule has 0 amide bonds. The summed E-state index contributed by atoms with van der Waals surface area (Å²) in [7, 11) is 0. The summed E-state index contributed by atoms with van der Waals surface area (Å²) in [4.78, 5) is 0. The number of benzene rings is 2. The average Bonchev–Trinajstić information content (AvgIpc) is 3.35. The largest absolute Gasteiger partial charge is 0.0952 e. The first-order valence-electron chi connectivity index (χ1n) is 15.3. The summed E-state index contributed by atoms with van der Waals surface area (Å²) in [5.74, 6) is 3.40. The van der Waals surface area contributed by atoms with Crippen LogP contribution in [0.25, 0.3) is 5.57 Å². The van der Waals surface area contributed by atoms with Crippen molar-refractivity contribution < 1.29 is 0 Å². The fourth-order valence-corrected chi connectivity index (χ4v) is 7.73. The van der Waals surface area contributed by atoms with Gasteiger partial charge in [-0.2, -0.15) is 0 Å². The van der Waals surface area contributed by atoms with Crippen LogP contribution in [-0.4, -0.2) is 0 Å². The minimum absolute atomic E-state index is 0.735. The first-order chi connectivity index (χ1) is 17.5. The lowest BCUT2D eigenvalue weighted by atomic mass is 9.79. The second-order valence-electron chi connectivity index (χ2n) is 12.4. The van der Waals surface area contributed by atoms with Crippen molar-refractivity contribution in [2.75, 3.05) is 0 Å². The molecule has 2 aliphatic carbocycles. The minimum Gasteiger partial charge on any atom is -0.0952 e. The molecule has 0 aliphatic heterocycles. The minimum atomic E-state index is 0.735. The van der Waals surface area contributed by atoms with Gasteiger partial charge >= 0.3 is 0 Å². The molecule has 2 unspecified atom stereocenters. The van der Waals surface area contributed by atoms with Crippen LogP contribution < -0.4 is 0 Å². The lowest BCUT2D eigenvalue weighted by Gasteiger charge is -2.26. The molecule has 0 heteroatoms. The van der Waals surface area contributed by atoms with E-state index < -0.39 is 0 Å². The maximum absolute atomic E-state index is 4.47. The van der Waals surface area contributed by atoms with Crippen molar-refractivity contribution in [1.82, 2.24) is 0 Å². The lowest BCUT2D eigenvalue weighted by molar-refractivity contribution is 0.289. The van der Waals surface area contributed by atoms with Gasteiger partial charge in [-0.15, -0.1) is 0 Å². The summed E-state index contributed by atoms with van der Waals surface area (Å²) in [6, 6.07) is 13.8. The normalized spacial score (nSPS) is 21.6. The van der Waals surface area contributed by atoms with Gasteiger partial charge in [0.05, 0.1) is 0 Å². The van der Waals surface area contributed by atoms with E-state index in [1.54, 1.807) is 22.3 Å². The molecule has 0 spiro atoms. The van der Waals surface area contributed by atoms with Crippen molar-refractivity contribution in [3.63, 3.8) is 0 Å². The highest BCUT2D eigenvalue weighted by Crippen LogP contribution is 2.45. The first kappa shape index (κ1) is 27.2. The molecule has 2 aromatic rings. The number of rotatable bonds is 11. The molecule has 0 nitrogen and oxygen atoms in total. The molecule has 36 heavy (non-hydrogen) atoms. The fraction of sp³-hybridized carbons (Fsp3) is 0.611. The molecular weight excluding hydrogens is 432 g/mol. The van der Waals surface area contributed by atoms with Gasteiger partial charge in [0.2, 0.25) is 0 Å². The molecule has 4 rings (SSSR count). The predicted molar refractivity (Wildman–Crippen MR) is 159 cm³/mol. The van der Waals surface area contributed by atoms with Crippen molar-refractivity contribution in [2.45, 2.75) is 124 Å². The molecule has 0 radical (unpaired) electrons. The van der Waals surface area contributed by atoms with Crippen LogP contribution in [0.1, 0.15) is 130 Å². The van der Waals surface area contributed by atoms with Crippen molar-refractivity contribution in [1.29, 1.82) is 0 Å². The second-order valence-corrected chi connectivity index (χ2v) is 12.4. The van der Waals surface area contributed by atoms with E-state index in [1.165, 1.54) is 100 Å². The molecule has 0 aromatic heterocycles. The van der Waals surface area contributed by atoms with Gasteiger partial charge in [-0.3, -0.25) is 0 Å². The number of allylic oxidation sites excluding steroid dienone is 1. The third-order valence-electron chi connectivity index (χ3n) is 9.86. The Hall–Kier alpha value is -1.82. The molecule has 196 valence electrons. The summed E-state index contributed by atoms with van der Waals surface area (Å²) >= 11 is 0. The fourth-order valence-electron chi connectivity index (χ4n) is 7.73. The van der Waals surface area contributed by atoms with Crippen LogP contribution in [0.15, 0.2) is 43.0 Å². The van der Waals surface area contributed by atoms with Crippen LogP contribution in [0.4, 0.5) is 0 Å². The van der Waals surface area contributed by atoms with Gasteiger partial charge in [-0.25, -0.2) is 0 Å². The highest BCUT2D eigenvalue weighted by molar-refractivity contribution is 5.66. The van der Waals surface area contributed by atoms with E-state index in [4.69, 9.17) is 0 Å². The van der Waals surface area contributed by atoms with E-state index >= 15 is 0 Å². The molecule has 2 aromatic carbocycles. The zero-order valence-electron chi connectivity index (χ0n) is 23.9. The quantitative estimate of drug-likeness (QED) is 0.297. The maximum atomic E-state index is 4.47. The third-order valence-corrected chi connectivity index (χ3v) is 9.86. The van der Waals surface area contributed by atoms with Crippen LogP contribution in [0.2, 0.25) is 0 Å². The lowest BCUT2D eigenvalue weighted by Crippen LogP contribution is -2.12. The second kappa shape index (κ2) is 13.1. The highest BCUT2D eigenvalue weighted by atomic mass is 14.3. The Bertz CT molecular complexity index is 989. The molecule has 0 saturated heterocycles. The third kappa shape index (κ3) is 6.73. The molecule has 2 aliphatic rings. The Balaban J connectivity index is 1.38. The first-order valence-corrected chi connectivity index (χ1v) is 15.3. The van der Waals surface area contributed by atoms with Gasteiger partial charge in [0.15, 0.2) is 0 Å². The number of aryl methyl sites for hydroxylation is 2. The Morgan fingerprint density at radius 3 is 2.47 bits per heavy atom.